The molecule has 122 valence electrons. The van der Waals surface area contributed by atoms with Gasteiger partial charge in [0.1, 0.15) is 11.4 Å². The van der Waals surface area contributed by atoms with Crippen molar-refractivity contribution in [3.05, 3.63) is 35.9 Å². The predicted octanol–water partition coefficient (Wildman–Crippen LogP) is 1.99. The fourth-order valence-corrected chi connectivity index (χ4v) is 4.82. The number of ether oxygens (including phenoxy) is 2. The Labute approximate surface area is 138 Å². The van der Waals surface area contributed by atoms with Gasteiger partial charge in [0.25, 0.3) is 0 Å². The molecule has 0 amide bonds. The molecule has 3 aliphatic rings. The van der Waals surface area contributed by atoms with Crippen LogP contribution in [0.3, 0.4) is 0 Å². The number of Topliss-reactive ketones (excluding diaryl/α,β-unsaturated/α-hetero) is 1. The Balaban J connectivity index is 1.50. The molecule has 1 saturated carbocycles. The molecule has 1 aliphatic carbocycles. The van der Waals surface area contributed by atoms with Crippen molar-refractivity contribution in [2.75, 3.05) is 5.75 Å². The van der Waals surface area contributed by atoms with Gasteiger partial charge in [0.15, 0.2) is 12.1 Å². The number of carbonyl (C=O) groups excluding carboxylic acids is 2. The fraction of sp³-hybridized carbons (Fsp3) is 0.529. The standard InChI is InChI=1S/C17H18O5S/c1-16-8-13(18)11-7-17(16,20)22-15(21-16)12(11)9-23-14(19)10-5-3-2-4-6-10/h2-6,11-12,15,20H,7-9H2,1H3/t11-,12-,15+,16+,17-/m1/s1. The van der Waals surface area contributed by atoms with Crippen LogP contribution in [0.2, 0.25) is 0 Å². The molecule has 2 heterocycles. The molecule has 0 aromatic heterocycles. The van der Waals surface area contributed by atoms with Crippen molar-refractivity contribution in [2.24, 2.45) is 11.8 Å². The van der Waals surface area contributed by atoms with Crippen molar-refractivity contribution in [2.45, 2.75) is 37.4 Å². The Morgan fingerprint density at radius 3 is 2.83 bits per heavy atom. The van der Waals surface area contributed by atoms with E-state index in [1.54, 1.807) is 19.1 Å². The molecule has 23 heavy (non-hydrogen) atoms. The van der Waals surface area contributed by atoms with Gasteiger partial charge in [-0.1, -0.05) is 42.1 Å². The second kappa shape index (κ2) is 5.14. The minimum atomic E-state index is -1.37. The van der Waals surface area contributed by atoms with Crippen LogP contribution in [-0.2, 0) is 14.3 Å². The summed E-state index contributed by atoms with van der Waals surface area (Å²) in [5, 5.41) is 10.6. The maximum Gasteiger partial charge on any atom is 0.219 e. The number of hydrogen-bond acceptors (Lipinski definition) is 6. The molecule has 3 fully saturated rings. The van der Waals surface area contributed by atoms with Crippen molar-refractivity contribution < 1.29 is 24.2 Å². The van der Waals surface area contributed by atoms with Crippen molar-refractivity contribution in [3.63, 3.8) is 0 Å². The Bertz CT molecular complexity index is 662. The highest BCUT2D eigenvalue weighted by Crippen LogP contribution is 2.56. The van der Waals surface area contributed by atoms with Gasteiger partial charge in [-0.25, -0.2) is 0 Å². The Kier molecular flexibility index (Phi) is 3.43. The summed E-state index contributed by atoms with van der Waals surface area (Å²) in [7, 11) is 0. The first-order chi connectivity index (χ1) is 10.9. The molecular weight excluding hydrogens is 316 g/mol. The molecule has 6 heteroatoms. The molecule has 0 spiro atoms. The van der Waals surface area contributed by atoms with Gasteiger partial charge in [-0.05, 0) is 6.92 Å². The largest absolute Gasteiger partial charge is 0.363 e. The van der Waals surface area contributed by atoms with Crippen LogP contribution in [0.1, 0.15) is 30.1 Å². The highest BCUT2D eigenvalue weighted by Gasteiger charge is 2.69. The van der Waals surface area contributed by atoms with Gasteiger partial charge in [0, 0.05) is 36.0 Å². The SMILES string of the molecule is C[C@]12CC(=O)[C@@H]3C[C@@]1(O)O[C@H](O2)[C@@H]3CSC(=O)c1ccccc1. The number of thioether (sulfide) groups is 1. The van der Waals surface area contributed by atoms with Crippen molar-refractivity contribution in [1.29, 1.82) is 0 Å². The summed E-state index contributed by atoms with van der Waals surface area (Å²) in [4.78, 5) is 24.6. The average Bonchev–Trinajstić information content (AvgIpc) is 2.69. The Hall–Kier alpha value is -1.21. The van der Waals surface area contributed by atoms with Crippen LogP contribution < -0.4 is 0 Å². The van der Waals surface area contributed by atoms with Crippen LogP contribution in [0, 0.1) is 11.8 Å². The van der Waals surface area contributed by atoms with Crippen LogP contribution in [0.4, 0.5) is 0 Å². The molecule has 1 aromatic rings. The van der Waals surface area contributed by atoms with Gasteiger partial charge in [0.2, 0.25) is 5.12 Å². The quantitative estimate of drug-likeness (QED) is 0.911. The Morgan fingerprint density at radius 1 is 1.35 bits per heavy atom. The molecule has 0 radical (unpaired) electrons. The summed E-state index contributed by atoms with van der Waals surface area (Å²) in [5.74, 6) is -1.34. The summed E-state index contributed by atoms with van der Waals surface area (Å²) in [6.07, 6.45) is -0.200. The molecule has 5 atom stereocenters. The van der Waals surface area contributed by atoms with Crippen molar-refractivity contribution >= 4 is 22.7 Å². The highest BCUT2D eigenvalue weighted by molar-refractivity contribution is 8.14. The second-order valence-corrected chi connectivity index (χ2v) is 7.69. The van der Waals surface area contributed by atoms with E-state index in [9.17, 15) is 14.7 Å². The molecule has 2 aliphatic heterocycles. The molecular formula is C17H18O5S. The molecule has 5 nitrogen and oxygen atoms in total. The Morgan fingerprint density at radius 2 is 2.09 bits per heavy atom. The van der Waals surface area contributed by atoms with Gasteiger partial charge in [-0.2, -0.15) is 0 Å². The summed E-state index contributed by atoms with van der Waals surface area (Å²) >= 11 is 1.18. The summed E-state index contributed by atoms with van der Waals surface area (Å²) in [5.41, 5.74) is -0.325. The van der Waals surface area contributed by atoms with E-state index in [1.165, 1.54) is 11.8 Å². The fourth-order valence-electron chi connectivity index (χ4n) is 3.79. The molecule has 1 aromatic carbocycles. The van der Waals surface area contributed by atoms with Crippen LogP contribution >= 0.6 is 11.8 Å². The number of benzene rings is 1. The van der Waals surface area contributed by atoms with Crippen molar-refractivity contribution in [3.8, 4) is 0 Å². The molecule has 2 saturated heterocycles. The molecule has 4 rings (SSSR count). The van der Waals surface area contributed by atoms with Crippen LogP contribution in [0.25, 0.3) is 0 Å². The highest BCUT2D eigenvalue weighted by atomic mass is 32.2. The van der Waals surface area contributed by atoms with Gasteiger partial charge in [0.05, 0.1) is 0 Å². The number of hydrogen-bond donors (Lipinski definition) is 1. The van der Waals surface area contributed by atoms with Crippen LogP contribution in [-0.4, -0.2) is 39.4 Å². The zero-order valence-electron chi connectivity index (χ0n) is 12.7. The maximum absolute atomic E-state index is 12.4. The van der Waals surface area contributed by atoms with E-state index in [0.29, 0.717) is 11.3 Å². The van der Waals surface area contributed by atoms with Gasteiger partial charge in [-0.15, -0.1) is 0 Å². The minimum absolute atomic E-state index is 0.0300. The van der Waals surface area contributed by atoms with E-state index in [-0.39, 0.29) is 35.6 Å². The first-order valence-corrected chi connectivity index (χ1v) is 8.73. The smallest absolute Gasteiger partial charge is 0.219 e. The number of aliphatic hydroxyl groups is 1. The number of rotatable bonds is 3. The number of carbonyl (C=O) groups is 2. The van der Waals surface area contributed by atoms with E-state index in [4.69, 9.17) is 9.47 Å². The van der Waals surface area contributed by atoms with Crippen LogP contribution in [0.15, 0.2) is 30.3 Å². The van der Waals surface area contributed by atoms with Gasteiger partial charge in [-0.3, -0.25) is 9.59 Å². The van der Waals surface area contributed by atoms with E-state index in [1.807, 2.05) is 18.2 Å². The number of ketones is 1. The lowest BCUT2D eigenvalue weighted by Gasteiger charge is -2.45. The third kappa shape index (κ3) is 2.28. The van der Waals surface area contributed by atoms with Gasteiger partial charge >= 0.3 is 0 Å². The topological polar surface area (TPSA) is 72.8 Å². The van der Waals surface area contributed by atoms with Gasteiger partial charge < -0.3 is 14.6 Å². The van der Waals surface area contributed by atoms with E-state index in [2.05, 4.69) is 0 Å². The second-order valence-electron chi connectivity index (χ2n) is 6.70. The molecule has 3 bridgehead atoms. The normalized spacial score (nSPS) is 41.3. The zero-order chi connectivity index (χ0) is 16.2. The minimum Gasteiger partial charge on any atom is -0.363 e. The third-order valence-corrected chi connectivity index (χ3v) is 6.27. The lowest BCUT2D eigenvalue weighted by atomic mass is 9.70. The first-order valence-electron chi connectivity index (χ1n) is 7.75. The monoisotopic (exact) mass is 334 g/mol. The van der Waals surface area contributed by atoms with E-state index in [0.717, 1.165) is 0 Å². The van der Waals surface area contributed by atoms with E-state index < -0.39 is 17.7 Å². The maximum atomic E-state index is 12.4. The average molecular weight is 334 g/mol. The molecule has 0 unspecified atom stereocenters. The summed E-state index contributed by atoms with van der Waals surface area (Å²) in [6, 6.07) is 9.06. The first kappa shape index (κ1) is 15.3. The summed E-state index contributed by atoms with van der Waals surface area (Å²) in [6.45, 7) is 1.73. The lowest BCUT2D eigenvalue weighted by Crippen LogP contribution is -2.59. The summed E-state index contributed by atoms with van der Waals surface area (Å²) < 4.78 is 11.5. The molecule has 1 N–H and O–H groups in total. The number of fused-ring (bicyclic) bond motifs is 2. The lowest BCUT2D eigenvalue weighted by molar-refractivity contribution is -0.266. The third-order valence-electron chi connectivity index (χ3n) is 5.22. The predicted molar refractivity (Wildman–Crippen MR) is 83.8 cm³/mol. The van der Waals surface area contributed by atoms with Crippen LogP contribution in [0.5, 0.6) is 0 Å². The van der Waals surface area contributed by atoms with Crippen molar-refractivity contribution in [1.82, 2.24) is 0 Å². The van der Waals surface area contributed by atoms with E-state index >= 15 is 0 Å². The zero-order valence-corrected chi connectivity index (χ0v) is 13.5.